The summed E-state index contributed by atoms with van der Waals surface area (Å²) in [4.78, 5) is -0.116. The third kappa shape index (κ3) is 3.38. The zero-order valence-corrected chi connectivity index (χ0v) is 13.4. The van der Waals surface area contributed by atoms with E-state index in [0.717, 1.165) is 5.56 Å². The van der Waals surface area contributed by atoms with Gasteiger partial charge in [-0.25, -0.2) is 8.42 Å². The fraction of sp³-hybridized carbons (Fsp3) is 0.0769. The lowest BCUT2D eigenvalue weighted by Crippen LogP contribution is -2.13. The lowest BCUT2D eigenvalue weighted by Gasteiger charge is -2.11. The van der Waals surface area contributed by atoms with E-state index in [-0.39, 0.29) is 20.0 Å². The molecule has 2 aromatic rings. The van der Waals surface area contributed by atoms with Crippen LogP contribution in [-0.4, -0.2) is 8.42 Å². The number of hydrogen-bond donors (Lipinski definition) is 1. The Morgan fingerprint density at radius 1 is 0.950 bits per heavy atom. The van der Waals surface area contributed by atoms with Crippen LogP contribution in [0.15, 0.2) is 41.3 Å². The average molecular weight is 351 g/mol. The van der Waals surface area contributed by atoms with Gasteiger partial charge in [0.1, 0.15) is 4.90 Å². The predicted octanol–water partition coefficient (Wildman–Crippen LogP) is 4.76. The Morgan fingerprint density at radius 2 is 1.60 bits per heavy atom. The molecule has 1 N–H and O–H groups in total. The number of benzene rings is 2. The first-order chi connectivity index (χ1) is 9.29. The molecular weight excluding hydrogens is 341 g/mol. The van der Waals surface area contributed by atoms with Crippen LogP contribution in [0, 0.1) is 6.92 Å². The van der Waals surface area contributed by atoms with Crippen molar-refractivity contribution in [3.63, 3.8) is 0 Å². The van der Waals surface area contributed by atoms with Gasteiger partial charge in [-0.05, 0) is 36.8 Å². The van der Waals surface area contributed by atoms with E-state index in [0.29, 0.717) is 5.69 Å². The highest BCUT2D eigenvalue weighted by atomic mass is 35.5. The number of aryl methyl sites for hydroxylation is 1. The molecule has 0 amide bonds. The molecule has 0 atom stereocenters. The third-order valence-electron chi connectivity index (χ3n) is 2.53. The molecule has 0 aromatic heterocycles. The fourth-order valence-electron chi connectivity index (χ4n) is 1.63. The highest BCUT2D eigenvalue weighted by Gasteiger charge is 2.20. The van der Waals surface area contributed by atoms with Gasteiger partial charge in [-0.1, -0.05) is 46.9 Å². The minimum absolute atomic E-state index is 0.0135. The molecule has 0 unspecified atom stereocenters. The first-order valence-electron chi connectivity index (χ1n) is 5.53. The molecule has 0 saturated carbocycles. The van der Waals surface area contributed by atoms with Crippen molar-refractivity contribution in [3.05, 3.63) is 57.0 Å². The van der Waals surface area contributed by atoms with Gasteiger partial charge in [0.2, 0.25) is 0 Å². The standard InChI is InChI=1S/C13H10Cl3NO2S/c1-8-3-2-4-9(5-8)17-20(18,19)13-7-11(15)10(14)6-12(13)16/h2-7,17H,1H3. The van der Waals surface area contributed by atoms with Gasteiger partial charge in [-0.15, -0.1) is 0 Å². The Morgan fingerprint density at radius 3 is 2.25 bits per heavy atom. The van der Waals surface area contributed by atoms with Crippen molar-refractivity contribution in [2.75, 3.05) is 4.72 Å². The van der Waals surface area contributed by atoms with Gasteiger partial charge in [0, 0.05) is 5.69 Å². The van der Waals surface area contributed by atoms with Crippen molar-refractivity contribution < 1.29 is 8.42 Å². The van der Waals surface area contributed by atoms with E-state index in [1.165, 1.54) is 12.1 Å². The first kappa shape index (κ1) is 15.4. The molecule has 0 bridgehead atoms. The van der Waals surface area contributed by atoms with Crippen LogP contribution in [0.1, 0.15) is 5.56 Å². The molecule has 0 aliphatic rings. The smallest absolute Gasteiger partial charge is 0.263 e. The SMILES string of the molecule is Cc1cccc(NS(=O)(=O)c2cc(Cl)c(Cl)cc2Cl)c1. The number of rotatable bonds is 3. The Kier molecular flexibility index (Phi) is 4.49. The van der Waals surface area contributed by atoms with Crippen molar-refractivity contribution in [2.45, 2.75) is 11.8 Å². The fourth-order valence-corrected chi connectivity index (χ4v) is 3.68. The molecule has 106 valence electrons. The molecule has 0 radical (unpaired) electrons. The predicted molar refractivity (Wildman–Crippen MR) is 83.5 cm³/mol. The summed E-state index contributed by atoms with van der Waals surface area (Å²) in [5.74, 6) is 0. The normalized spacial score (nSPS) is 11.4. The Balaban J connectivity index is 2.43. The zero-order chi connectivity index (χ0) is 14.9. The van der Waals surface area contributed by atoms with Crippen molar-refractivity contribution in [2.24, 2.45) is 0 Å². The lowest BCUT2D eigenvalue weighted by atomic mass is 10.2. The maximum atomic E-state index is 12.3. The summed E-state index contributed by atoms with van der Waals surface area (Å²) in [6.45, 7) is 1.87. The van der Waals surface area contributed by atoms with Crippen LogP contribution in [0.5, 0.6) is 0 Å². The number of nitrogens with one attached hydrogen (secondary N) is 1. The van der Waals surface area contributed by atoms with Crippen LogP contribution in [0.4, 0.5) is 5.69 Å². The Hall–Kier alpha value is -0.940. The van der Waals surface area contributed by atoms with Crippen LogP contribution < -0.4 is 4.72 Å². The van der Waals surface area contributed by atoms with Gasteiger partial charge in [-0.2, -0.15) is 0 Å². The molecule has 20 heavy (non-hydrogen) atoms. The summed E-state index contributed by atoms with van der Waals surface area (Å²) in [7, 11) is -3.83. The summed E-state index contributed by atoms with van der Waals surface area (Å²) >= 11 is 17.5. The molecule has 0 saturated heterocycles. The van der Waals surface area contributed by atoms with E-state index in [1.54, 1.807) is 18.2 Å². The van der Waals surface area contributed by atoms with E-state index in [9.17, 15) is 8.42 Å². The van der Waals surface area contributed by atoms with Gasteiger partial charge < -0.3 is 0 Å². The number of hydrogen-bond acceptors (Lipinski definition) is 2. The van der Waals surface area contributed by atoms with E-state index >= 15 is 0 Å². The molecule has 0 fully saturated rings. The summed E-state index contributed by atoms with van der Waals surface area (Å²) in [6, 6.07) is 9.51. The molecule has 0 aliphatic heterocycles. The maximum absolute atomic E-state index is 12.3. The van der Waals surface area contributed by atoms with Crippen molar-refractivity contribution in [1.82, 2.24) is 0 Å². The van der Waals surface area contributed by atoms with Crippen molar-refractivity contribution >= 4 is 50.5 Å². The van der Waals surface area contributed by atoms with Crippen molar-refractivity contribution in [3.8, 4) is 0 Å². The quantitative estimate of drug-likeness (QED) is 0.811. The largest absolute Gasteiger partial charge is 0.280 e. The minimum atomic E-state index is -3.83. The number of sulfonamides is 1. The van der Waals surface area contributed by atoms with Crippen molar-refractivity contribution in [1.29, 1.82) is 0 Å². The lowest BCUT2D eigenvalue weighted by molar-refractivity contribution is 0.601. The minimum Gasteiger partial charge on any atom is -0.280 e. The van der Waals surface area contributed by atoms with Crippen LogP contribution in [0.2, 0.25) is 15.1 Å². The first-order valence-corrected chi connectivity index (χ1v) is 8.15. The molecular formula is C13H10Cl3NO2S. The average Bonchev–Trinajstić information content (AvgIpc) is 2.33. The van der Waals surface area contributed by atoms with Gasteiger partial charge in [0.25, 0.3) is 10.0 Å². The third-order valence-corrected chi connectivity index (χ3v) is 5.10. The highest BCUT2D eigenvalue weighted by molar-refractivity contribution is 7.92. The second kappa shape index (κ2) is 5.82. The second-order valence-electron chi connectivity index (χ2n) is 4.17. The monoisotopic (exact) mass is 349 g/mol. The number of anilines is 1. The van der Waals surface area contributed by atoms with Gasteiger partial charge in [0.15, 0.2) is 0 Å². The van der Waals surface area contributed by atoms with Crippen LogP contribution in [0.25, 0.3) is 0 Å². The topological polar surface area (TPSA) is 46.2 Å². The van der Waals surface area contributed by atoms with Crippen LogP contribution >= 0.6 is 34.8 Å². The van der Waals surface area contributed by atoms with E-state index in [4.69, 9.17) is 34.8 Å². The van der Waals surface area contributed by atoms with Crippen LogP contribution in [-0.2, 0) is 10.0 Å². The summed E-state index contributed by atoms with van der Waals surface area (Å²) < 4.78 is 27.0. The molecule has 3 nitrogen and oxygen atoms in total. The molecule has 0 heterocycles. The van der Waals surface area contributed by atoms with E-state index in [2.05, 4.69) is 4.72 Å². The molecule has 2 aromatic carbocycles. The van der Waals surface area contributed by atoms with Gasteiger partial charge in [-0.3, -0.25) is 4.72 Å². The van der Waals surface area contributed by atoms with Crippen LogP contribution in [0.3, 0.4) is 0 Å². The summed E-state index contributed by atoms with van der Waals surface area (Å²) in [5.41, 5.74) is 1.39. The van der Waals surface area contributed by atoms with Gasteiger partial charge in [0.05, 0.1) is 15.1 Å². The Labute approximate surface area is 132 Å². The molecule has 0 spiro atoms. The summed E-state index contributed by atoms with van der Waals surface area (Å²) in [6.07, 6.45) is 0. The maximum Gasteiger partial charge on any atom is 0.263 e. The summed E-state index contributed by atoms with van der Waals surface area (Å²) in [5, 5.41) is 0.339. The van der Waals surface area contributed by atoms with Gasteiger partial charge >= 0.3 is 0 Å². The molecule has 0 aliphatic carbocycles. The molecule has 2 rings (SSSR count). The van der Waals surface area contributed by atoms with E-state index < -0.39 is 10.0 Å². The Bertz CT molecular complexity index is 760. The highest BCUT2D eigenvalue weighted by Crippen LogP contribution is 2.32. The zero-order valence-electron chi connectivity index (χ0n) is 10.3. The van der Waals surface area contributed by atoms with E-state index in [1.807, 2.05) is 13.0 Å². The molecule has 7 heteroatoms. The number of halogens is 3. The second-order valence-corrected chi connectivity index (χ2v) is 7.04.